The van der Waals surface area contributed by atoms with E-state index < -0.39 is 0 Å². The molecule has 0 saturated carbocycles. The second-order valence-electron chi connectivity index (χ2n) is 14.6. The van der Waals surface area contributed by atoms with Crippen LogP contribution in [0.3, 0.4) is 0 Å². The Balaban J connectivity index is 1.00. The van der Waals surface area contributed by atoms with Crippen molar-refractivity contribution in [3.8, 4) is 11.1 Å². The van der Waals surface area contributed by atoms with Gasteiger partial charge in [0.15, 0.2) is 5.65 Å². The molecule has 2 saturated heterocycles. The Morgan fingerprint density at radius 1 is 0.962 bits per heavy atom. The molecule has 0 radical (unpaired) electrons. The van der Waals surface area contributed by atoms with Crippen molar-refractivity contribution in [2.24, 2.45) is 0 Å². The van der Waals surface area contributed by atoms with Crippen molar-refractivity contribution in [3.05, 3.63) is 76.9 Å². The van der Waals surface area contributed by atoms with Gasteiger partial charge in [-0.2, -0.15) is 5.10 Å². The van der Waals surface area contributed by atoms with Crippen LogP contribution in [0.2, 0.25) is 0 Å². The fraction of sp³-hybridized carbons (Fsp3) is 0.512. The van der Waals surface area contributed by atoms with Crippen LogP contribution in [0.5, 0.6) is 0 Å². The number of pyridine rings is 1. The summed E-state index contributed by atoms with van der Waals surface area (Å²) in [5.41, 5.74) is 7.02. The predicted octanol–water partition coefficient (Wildman–Crippen LogP) is 5.70. The molecular weight excluding hydrogens is 672 g/mol. The number of fused-ring (bicyclic) bond motifs is 1. The molecule has 284 valence electrons. The topological polar surface area (TPSA) is 125 Å². The minimum atomic E-state index is -0.295. The molecule has 0 spiro atoms. The van der Waals surface area contributed by atoms with E-state index in [9.17, 15) is 9.59 Å². The van der Waals surface area contributed by atoms with E-state index in [1.165, 1.54) is 6.07 Å². The molecule has 0 bridgehead atoms. The molecule has 53 heavy (non-hydrogen) atoms. The number of amides is 2. The van der Waals surface area contributed by atoms with Gasteiger partial charge >= 0.3 is 0 Å². The van der Waals surface area contributed by atoms with Crippen molar-refractivity contribution in [2.75, 3.05) is 31.6 Å². The maximum Gasteiger partial charge on any atom is 0.220 e. The second-order valence-corrected chi connectivity index (χ2v) is 14.6. The van der Waals surface area contributed by atoms with Gasteiger partial charge in [0.25, 0.3) is 0 Å². The Kier molecular flexibility index (Phi) is 13.1. The zero-order valence-electron chi connectivity index (χ0n) is 31.6. The third kappa shape index (κ3) is 9.98. The van der Waals surface area contributed by atoms with Gasteiger partial charge in [-0.25, -0.2) is 14.1 Å². The summed E-state index contributed by atoms with van der Waals surface area (Å²) in [6.07, 6.45) is 5.25. The van der Waals surface area contributed by atoms with E-state index >= 15 is 4.39 Å². The van der Waals surface area contributed by atoms with Crippen LogP contribution in [0.1, 0.15) is 82.2 Å². The van der Waals surface area contributed by atoms with Crippen molar-refractivity contribution in [1.29, 1.82) is 0 Å². The van der Waals surface area contributed by atoms with E-state index in [2.05, 4.69) is 71.1 Å². The van der Waals surface area contributed by atoms with E-state index in [0.717, 1.165) is 103 Å². The summed E-state index contributed by atoms with van der Waals surface area (Å²) >= 11 is 0. The molecule has 0 aliphatic carbocycles. The molecule has 2 aliphatic rings. The zero-order chi connectivity index (χ0) is 37.3. The van der Waals surface area contributed by atoms with Crippen LogP contribution < -0.4 is 21.3 Å². The molecule has 4 heterocycles. The number of halogens is 1. The van der Waals surface area contributed by atoms with Crippen molar-refractivity contribution in [1.82, 2.24) is 35.6 Å². The molecular formula is C41H55FN8O3. The van der Waals surface area contributed by atoms with Crippen LogP contribution in [0.4, 0.5) is 10.1 Å². The number of piperazine rings is 1. The summed E-state index contributed by atoms with van der Waals surface area (Å²) in [4.78, 5) is 33.2. The Labute approximate surface area is 312 Å². The highest BCUT2D eigenvalue weighted by atomic mass is 19.1. The third-order valence-corrected chi connectivity index (χ3v) is 10.2. The molecule has 2 atom stereocenters. The van der Waals surface area contributed by atoms with Gasteiger partial charge in [-0.1, -0.05) is 31.2 Å². The van der Waals surface area contributed by atoms with Gasteiger partial charge < -0.3 is 26.0 Å². The van der Waals surface area contributed by atoms with Gasteiger partial charge in [0.2, 0.25) is 11.8 Å². The van der Waals surface area contributed by atoms with Crippen molar-refractivity contribution in [3.63, 3.8) is 0 Å². The van der Waals surface area contributed by atoms with Gasteiger partial charge in [0, 0.05) is 100 Å². The molecule has 11 nitrogen and oxygen atoms in total. The second kappa shape index (κ2) is 18.1. The number of aryl methyl sites for hydroxylation is 2. The van der Waals surface area contributed by atoms with E-state index in [1.54, 1.807) is 6.07 Å². The maximum absolute atomic E-state index is 15.1. The quantitative estimate of drug-likeness (QED) is 0.123. The first-order valence-electron chi connectivity index (χ1n) is 19.3. The SMILES string of the molecule is CCc1nc2c(cnn2CC)c(NC2CCOCC2)c1CNC(=O)CCCC(=O)NCc1ccc(F)c(-c2cccc(CN3CC(C)NC(C)C3)c2)c1. The first-order chi connectivity index (χ1) is 25.7. The fourth-order valence-corrected chi connectivity index (χ4v) is 7.64. The fourth-order valence-electron chi connectivity index (χ4n) is 7.64. The number of hydrogen-bond donors (Lipinski definition) is 4. The van der Waals surface area contributed by atoms with Crippen LogP contribution in [-0.4, -0.2) is 75.9 Å². The first kappa shape index (κ1) is 38.3. The lowest BCUT2D eigenvalue weighted by molar-refractivity contribution is -0.122. The number of aromatic nitrogens is 3. The Morgan fingerprint density at radius 3 is 2.42 bits per heavy atom. The highest BCUT2D eigenvalue weighted by Crippen LogP contribution is 2.31. The van der Waals surface area contributed by atoms with Gasteiger partial charge in [0.05, 0.1) is 17.3 Å². The van der Waals surface area contributed by atoms with Gasteiger partial charge in [-0.15, -0.1) is 0 Å². The zero-order valence-corrected chi connectivity index (χ0v) is 31.6. The predicted molar refractivity (Wildman–Crippen MR) is 207 cm³/mol. The highest BCUT2D eigenvalue weighted by Gasteiger charge is 2.23. The maximum atomic E-state index is 15.1. The molecule has 2 aliphatic heterocycles. The molecule has 2 amide bonds. The normalized spacial score (nSPS) is 18.3. The standard InChI is InChI=1S/C41H55FN8O3/c1-5-37-34(40(47-32-15-17-53-18-16-32)35-23-45-50(6-2)41(35)48-37)22-44-39(52)12-8-11-38(51)43-21-29-13-14-36(42)33(20-29)31-10-7-9-30(19-31)26-49-24-27(3)46-28(4)25-49/h7,9-10,13-14,19-20,23,27-28,32,46H,5-6,8,11-12,15-18,21-22,24-26H2,1-4H3,(H,43,51)(H,44,52)(H,47,48). The molecule has 2 fully saturated rings. The molecule has 6 rings (SSSR count). The number of nitrogens with one attached hydrogen (secondary N) is 4. The average molecular weight is 727 g/mol. The Hall–Kier alpha value is -4.39. The number of rotatable bonds is 15. The summed E-state index contributed by atoms with van der Waals surface area (Å²) in [6.45, 7) is 14.0. The first-order valence-corrected chi connectivity index (χ1v) is 19.3. The summed E-state index contributed by atoms with van der Waals surface area (Å²) in [5.74, 6) is -0.562. The summed E-state index contributed by atoms with van der Waals surface area (Å²) in [6, 6.07) is 14.2. The number of nitrogens with zero attached hydrogens (tertiary/aromatic N) is 4. The van der Waals surface area contributed by atoms with Crippen molar-refractivity contribution in [2.45, 2.75) is 111 Å². The lowest BCUT2D eigenvalue weighted by atomic mass is 9.99. The molecule has 2 aromatic carbocycles. The molecule has 12 heteroatoms. The largest absolute Gasteiger partial charge is 0.381 e. The van der Waals surface area contributed by atoms with E-state index in [4.69, 9.17) is 9.72 Å². The molecule has 2 aromatic heterocycles. The minimum Gasteiger partial charge on any atom is -0.381 e. The van der Waals surface area contributed by atoms with Gasteiger partial charge in [-0.3, -0.25) is 14.5 Å². The number of ether oxygens (including phenoxy) is 1. The monoisotopic (exact) mass is 726 g/mol. The lowest BCUT2D eigenvalue weighted by Crippen LogP contribution is -2.53. The Bertz CT molecular complexity index is 1860. The van der Waals surface area contributed by atoms with Crippen LogP contribution in [0.25, 0.3) is 22.2 Å². The summed E-state index contributed by atoms with van der Waals surface area (Å²) in [5, 5.41) is 18.9. The third-order valence-electron chi connectivity index (χ3n) is 10.2. The summed E-state index contributed by atoms with van der Waals surface area (Å²) in [7, 11) is 0. The van der Waals surface area contributed by atoms with Crippen LogP contribution in [-0.2, 0) is 46.9 Å². The molecule has 2 unspecified atom stereocenters. The summed E-state index contributed by atoms with van der Waals surface area (Å²) < 4.78 is 22.5. The number of hydrogen-bond acceptors (Lipinski definition) is 8. The molecule has 4 aromatic rings. The van der Waals surface area contributed by atoms with Gasteiger partial charge in [-0.05, 0) is 81.3 Å². The van der Waals surface area contributed by atoms with E-state index in [-0.39, 0.29) is 43.1 Å². The van der Waals surface area contributed by atoms with Crippen molar-refractivity contribution >= 4 is 28.5 Å². The smallest absolute Gasteiger partial charge is 0.220 e. The van der Waals surface area contributed by atoms with Crippen LogP contribution in [0.15, 0.2) is 48.7 Å². The van der Waals surface area contributed by atoms with E-state index in [0.29, 0.717) is 30.6 Å². The number of benzene rings is 2. The van der Waals surface area contributed by atoms with Crippen LogP contribution in [0, 0.1) is 5.82 Å². The minimum absolute atomic E-state index is 0.118. The van der Waals surface area contributed by atoms with Crippen LogP contribution >= 0.6 is 0 Å². The van der Waals surface area contributed by atoms with Crippen molar-refractivity contribution < 1.29 is 18.7 Å². The average Bonchev–Trinajstić information content (AvgIpc) is 3.57. The number of anilines is 1. The lowest BCUT2D eigenvalue weighted by Gasteiger charge is -2.36. The number of carbonyl (C=O) groups excluding carboxylic acids is 2. The molecule has 4 N–H and O–H groups in total. The number of carbonyl (C=O) groups is 2. The highest BCUT2D eigenvalue weighted by molar-refractivity contribution is 5.92. The Morgan fingerprint density at radius 2 is 1.70 bits per heavy atom. The van der Waals surface area contributed by atoms with E-state index in [1.807, 2.05) is 29.1 Å². The van der Waals surface area contributed by atoms with Gasteiger partial charge in [0.1, 0.15) is 5.82 Å².